The molecular weight excluding hydrogens is 306 g/mol. The average molecular weight is 320 g/mol. The van der Waals surface area contributed by atoms with Crippen molar-refractivity contribution in [1.82, 2.24) is 0 Å². The summed E-state index contributed by atoms with van der Waals surface area (Å²) in [6.45, 7) is 1.72. The molecule has 3 N–H and O–H groups in total. The Kier molecular flexibility index (Phi) is 3.55. The minimum Gasteiger partial charge on any atom is -0.395 e. The number of alkyl halides is 2. The van der Waals surface area contributed by atoms with E-state index in [0.29, 0.717) is 5.69 Å². The topological polar surface area (TPSA) is 73.6 Å². The van der Waals surface area contributed by atoms with E-state index in [1.54, 1.807) is 37.3 Å². The molecule has 2 aromatic carbocycles. The number of hydrogen-bond acceptors (Lipinski definition) is 4. The highest BCUT2D eigenvalue weighted by Crippen LogP contribution is 2.42. The van der Waals surface area contributed by atoms with Gasteiger partial charge in [0, 0.05) is 17.4 Å². The van der Waals surface area contributed by atoms with Gasteiger partial charge in [0.2, 0.25) is 5.91 Å². The van der Waals surface area contributed by atoms with E-state index in [0.717, 1.165) is 11.3 Å². The molecule has 3 rings (SSSR count). The molecular formula is C16H14F2N2O3. The Hall–Kier alpha value is -2.83. The van der Waals surface area contributed by atoms with Crippen molar-refractivity contribution in [2.24, 2.45) is 5.73 Å². The monoisotopic (exact) mass is 320 g/mol. The highest BCUT2D eigenvalue weighted by Gasteiger charge is 2.43. The quantitative estimate of drug-likeness (QED) is 0.906. The lowest BCUT2D eigenvalue weighted by molar-refractivity contribution is -0.286. The van der Waals surface area contributed by atoms with Gasteiger partial charge in [-0.1, -0.05) is 12.1 Å². The lowest BCUT2D eigenvalue weighted by Gasteiger charge is -2.10. The van der Waals surface area contributed by atoms with Crippen LogP contribution in [0.25, 0.3) is 0 Å². The Morgan fingerprint density at radius 2 is 1.70 bits per heavy atom. The number of halogens is 2. The number of rotatable bonds is 4. The molecule has 0 fully saturated rings. The molecule has 0 saturated heterocycles. The highest BCUT2D eigenvalue weighted by molar-refractivity contribution is 5.81. The van der Waals surface area contributed by atoms with E-state index >= 15 is 0 Å². The zero-order chi connectivity index (χ0) is 16.6. The van der Waals surface area contributed by atoms with Gasteiger partial charge < -0.3 is 20.5 Å². The second-order valence-electron chi connectivity index (χ2n) is 5.20. The zero-order valence-corrected chi connectivity index (χ0v) is 12.2. The zero-order valence-electron chi connectivity index (χ0n) is 12.2. The van der Waals surface area contributed by atoms with Crippen molar-refractivity contribution in [2.45, 2.75) is 19.1 Å². The van der Waals surface area contributed by atoms with Gasteiger partial charge in [-0.2, -0.15) is 0 Å². The summed E-state index contributed by atoms with van der Waals surface area (Å²) in [5, 5.41) is 3.06. The number of ether oxygens (including phenoxy) is 2. The van der Waals surface area contributed by atoms with Gasteiger partial charge in [0.15, 0.2) is 11.5 Å². The highest BCUT2D eigenvalue weighted by atomic mass is 19.3. The van der Waals surface area contributed by atoms with E-state index in [9.17, 15) is 13.6 Å². The van der Waals surface area contributed by atoms with Gasteiger partial charge in [-0.15, -0.1) is 8.78 Å². The van der Waals surface area contributed by atoms with E-state index in [1.165, 1.54) is 12.1 Å². The third kappa shape index (κ3) is 3.18. The van der Waals surface area contributed by atoms with Crippen LogP contribution in [0.4, 0.5) is 20.2 Å². The lowest BCUT2D eigenvalue weighted by Crippen LogP contribution is -2.25. The summed E-state index contributed by atoms with van der Waals surface area (Å²) in [5.74, 6) is -0.815. The number of nitrogens with one attached hydrogen (secondary N) is 1. The van der Waals surface area contributed by atoms with Crippen molar-refractivity contribution in [3.8, 4) is 11.5 Å². The van der Waals surface area contributed by atoms with Gasteiger partial charge in [0.05, 0.1) is 5.92 Å². The number of fused-ring (bicyclic) bond motifs is 1. The molecule has 0 spiro atoms. The van der Waals surface area contributed by atoms with E-state index in [-0.39, 0.29) is 17.4 Å². The van der Waals surface area contributed by atoms with Crippen LogP contribution in [0, 0.1) is 0 Å². The van der Waals surface area contributed by atoms with E-state index < -0.39 is 12.2 Å². The van der Waals surface area contributed by atoms with Crippen LogP contribution in [0.15, 0.2) is 42.5 Å². The Balaban J connectivity index is 1.75. The first-order valence-corrected chi connectivity index (χ1v) is 6.90. The van der Waals surface area contributed by atoms with Gasteiger partial charge in [0.1, 0.15) is 0 Å². The molecule has 5 nitrogen and oxygen atoms in total. The fourth-order valence-corrected chi connectivity index (χ4v) is 2.21. The third-order valence-corrected chi connectivity index (χ3v) is 3.53. The smallest absolute Gasteiger partial charge is 0.395 e. The molecule has 23 heavy (non-hydrogen) atoms. The van der Waals surface area contributed by atoms with Crippen LogP contribution in [0.2, 0.25) is 0 Å². The van der Waals surface area contributed by atoms with Gasteiger partial charge in [0.25, 0.3) is 0 Å². The fraction of sp³-hybridized carbons (Fsp3) is 0.188. The molecule has 1 heterocycles. The number of carbonyl (C=O) groups is 1. The largest absolute Gasteiger partial charge is 0.586 e. The second-order valence-corrected chi connectivity index (χ2v) is 5.20. The van der Waals surface area contributed by atoms with Crippen molar-refractivity contribution in [3.63, 3.8) is 0 Å². The first-order chi connectivity index (χ1) is 10.8. The summed E-state index contributed by atoms with van der Waals surface area (Å²) in [4.78, 5) is 11.2. The van der Waals surface area contributed by atoms with Gasteiger partial charge in [-0.05, 0) is 36.8 Å². The normalized spacial score (nSPS) is 16.0. The van der Waals surface area contributed by atoms with Crippen LogP contribution in [-0.2, 0) is 4.79 Å². The number of anilines is 2. The molecule has 7 heteroatoms. The average Bonchev–Trinajstić information content (AvgIpc) is 2.80. The Labute approximate surface area is 131 Å². The molecule has 0 radical (unpaired) electrons. The maximum atomic E-state index is 13.0. The van der Waals surface area contributed by atoms with Gasteiger partial charge >= 0.3 is 6.29 Å². The maximum Gasteiger partial charge on any atom is 0.586 e. The number of benzene rings is 2. The molecule has 0 aromatic heterocycles. The van der Waals surface area contributed by atoms with Crippen molar-refractivity contribution in [2.75, 3.05) is 5.32 Å². The molecule has 0 saturated carbocycles. The second kappa shape index (κ2) is 5.42. The van der Waals surface area contributed by atoms with E-state index in [1.807, 2.05) is 0 Å². The summed E-state index contributed by atoms with van der Waals surface area (Å²) >= 11 is 0. The van der Waals surface area contributed by atoms with Gasteiger partial charge in [-0.3, -0.25) is 4.79 Å². The summed E-state index contributed by atoms with van der Waals surface area (Å²) in [7, 11) is 0. The summed E-state index contributed by atoms with van der Waals surface area (Å²) < 4.78 is 34.7. The number of nitrogens with two attached hydrogens (primary N) is 1. The molecule has 1 unspecified atom stereocenters. The molecule has 1 amide bonds. The Bertz CT molecular complexity index is 747. The number of primary amides is 1. The SMILES string of the molecule is CC(C(N)=O)c1ccc(Nc2ccc3c(c2)OC(F)(F)O3)cc1. The first-order valence-electron chi connectivity index (χ1n) is 6.90. The predicted molar refractivity (Wildman–Crippen MR) is 80.0 cm³/mol. The van der Waals surface area contributed by atoms with E-state index in [4.69, 9.17) is 5.73 Å². The minimum absolute atomic E-state index is 0.00817. The molecule has 1 aliphatic rings. The molecule has 2 aromatic rings. The van der Waals surface area contributed by atoms with Crippen LogP contribution < -0.4 is 20.5 Å². The number of amides is 1. The number of carbonyl (C=O) groups excluding carboxylic acids is 1. The Morgan fingerprint density at radius 1 is 1.09 bits per heavy atom. The third-order valence-electron chi connectivity index (χ3n) is 3.53. The fourth-order valence-electron chi connectivity index (χ4n) is 2.21. The molecule has 1 aliphatic heterocycles. The molecule has 120 valence electrons. The summed E-state index contributed by atoms with van der Waals surface area (Å²) in [6.07, 6.45) is -3.63. The molecule has 0 aliphatic carbocycles. The summed E-state index contributed by atoms with van der Waals surface area (Å²) in [6, 6.07) is 11.5. The van der Waals surface area contributed by atoms with Crippen LogP contribution in [0.1, 0.15) is 18.4 Å². The van der Waals surface area contributed by atoms with Crippen LogP contribution in [0.5, 0.6) is 11.5 Å². The van der Waals surface area contributed by atoms with Crippen LogP contribution in [0.3, 0.4) is 0 Å². The minimum atomic E-state index is -3.63. The van der Waals surface area contributed by atoms with Crippen molar-refractivity contribution in [1.29, 1.82) is 0 Å². The van der Waals surface area contributed by atoms with Crippen molar-refractivity contribution < 1.29 is 23.0 Å². The first kappa shape index (κ1) is 15.1. The van der Waals surface area contributed by atoms with Gasteiger partial charge in [-0.25, -0.2) is 0 Å². The van der Waals surface area contributed by atoms with Crippen LogP contribution in [-0.4, -0.2) is 12.2 Å². The Morgan fingerprint density at radius 3 is 2.35 bits per heavy atom. The summed E-state index contributed by atoms with van der Waals surface area (Å²) in [5.41, 5.74) is 7.36. The van der Waals surface area contributed by atoms with Crippen LogP contribution >= 0.6 is 0 Å². The van der Waals surface area contributed by atoms with Crippen molar-refractivity contribution in [3.05, 3.63) is 48.0 Å². The van der Waals surface area contributed by atoms with E-state index in [2.05, 4.69) is 14.8 Å². The lowest BCUT2D eigenvalue weighted by atomic mass is 10.0. The number of hydrogen-bond donors (Lipinski definition) is 2. The molecule has 0 bridgehead atoms. The standard InChI is InChI=1S/C16H14F2N2O3/c1-9(15(19)21)10-2-4-11(5-3-10)20-12-6-7-13-14(8-12)23-16(17,18)22-13/h2-9,20H,1H3,(H2,19,21). The predicted octanol–water partition coefficient (Wildman–Crippen LogP) is 3.34. The molecule has 1 atom stereocenters. The van der Waals surface area contributed by atoms with Crippen molar-refractivity contribution >= 4 is 17.3 Å². The maximum absolute atomic E-state index is 13.0.